The smallest absolute Gasteiger partial charge is 0.257 e. The SMILES string of the molecule is CC(=O)c1cccc(NC(=O)c2cncc(Nc3ccc(C)cc3C)c2)c1. The second-order valence-corrected chi connectivity index (χ2v) is 6.50. The molecule has 0 saturated heterocycles. The Hall–Kier alpha value is -3.47. The average Bonchev–Trinajstić information content (AvgIpc) is 2.64. The highest BCUT2D eigenvalue weighted by Crippen LogP contribution is 2.22. The molecule has 1 amide bonds. The number of nitrogens with one attached hydrogen (secondary N) is 2. The number of carbonyl (C=O) groups is 2. The van der Waals surface area contributed by atoms with Gasteiger partial charge in [0, 0.05) is 23.1 Å². The number of hydrogen-bond acceptors (Lipinski definition) is 4. The molecule has 3 rings (SSSR count). The van der Waals surface area contributed by atoms with Crippen molar-refractivity contribution in [1.29, 1.82) is 0 Å². The lowest BCUT2D eigenvalue weighted by Crippen LogP contribution is -2.13. The van der Waals surface area contributed by atoms with Crippen LogP contribution >= 0.6 is 0 Å². The van der Waals surface area contributed by atoms with Crippen molar-refractivity contribution in [3.63, 3.8) is 0 Å². The highest BCUT2D eigenvalue weighted by atomic mass is 16.1. The largest absolute Gasteiger partial charge is 0.354 e. The normalized spacial score (nSPS) is 10.3. The summed E-state index contributed by atoms with van der Waals surface area (Å²) in [6.07, 6.45) is 3.18. The van der Waals surface area contributed by atoms with E-state index in [0.717, 1.165) is 16.9 Å². The fraction of sp³-hybridized carbons (Fsp3) is 0.136. The number of aromatic nitrogens is 1. The van der Waals surface area contributed by atoms with Crippen LogP contribution in [-0.2, 0) is 0 Å². The maximum absolute atomic E-state index is 12.5. The van der Waals surface area contributed by atoms with Crippen LogP contribution in [0.4, 0.5) is 17.1 Å². The van der Waals surface area contributed by atoms with Gasteiger partial charge in [0.15, 0.2) is 5.78 Å². The third-order valence-electron chi connectivity index (χ3n) is 4.19. The van der Waals surface area contributed by atoms with E-state index in [2.05, 4.69) is 21.7 Å². The summed E-state index contributed by atoms with van der Waals surface area (Å²) in [7, 11) is 0. The van der Waals surface area contributed by atoms with E-state index in [4.69, 9.17) is 0 Å². The highest BCUT2D eigenvalue weighted by molar-refractivity contribution is 6.05. The summed E-state index contributed by atoms with van der Waals surface area (Å²) in [5, 5.41) is 6.10. The predicted octanol–water partition coefficient (Wildman–Crippen LogP) is 4.90. The molecule has 0 bridgehead atoms. The van der Waals surface area contributed by atoms with Gasteiger partial charge in [0.25, 0.3) is 5.91 Å². The molecule has 1 aromatic heterocycles. The minimum atomic E-state index is -0.285. The number of benzene rings is 2. The predicted molar refractivity (Wildman–Crippen MR) is 108 cm³/mol. The van der Waals surface area contributed by atoms with Gasteiger partial charge in [-0.15, -0.1) is 0 Å². The van der Waals surface area contributed by atoms with Crippen molar-refractivity contribution >= 4 is 28.8 Å². The lowest BCUT2D eigenvalue weighted by molar-refractivity contribution is 0.101. The first kappa shape index (κ1) is 18.3. The molecule has 2 N–H and O–H groups in total. The number of hydrogen-bond donors (Lipinski definition) is 2. The Labute approximate surface area is 158 Å². The monoisotopic (exact) mass is 359 g/mol. The zero-order valence-electron chi connectivity index (χ0n) is 15.5. The number of aryl methyl sites for hydroxylation is 2. The summed E-state index contributed by atoms with van der Waals surface area (Å²) in [5.74, 6) is -0.333. The molecule has 136 valence electrons. The van der Waals surface area contributed by atoms with Crippen molar-refractivity contribution in [1.82, 2.24) is 4.98 Å². The van der Waals surface area contributed by atoms with Crippen LogP contribution in [0.3, 0.4) is 0 Å². The Balaban J connectivity index is 1.77. The molecule has 0 unspecified atom stereocenters. The number of amides is 1. The quantitative estimate of drug-likeness (QED) is 0.636. The van der Waals surface area contributed by atoms with Gasteiger partial charge in [-0.05, 0) is 50.6 Å². The number of anilines is 3. The summed E-state index contributed by atoms with van der Waals surface area (Å²) < 4.78 is 0. The molecule has 27 heavy (non-hydrogen) atoms. The zero-order valence-corrected chi connectivity index (χ0v) is 15.5. The first-order valence-electron chi connectivity index (χ1n) is 8.64. The van der Waals surface area contributed by atoms with Gasteiger partial charge in [0.1, 0.15) is 0 Å². The molecule has 3 aromatic rings. The summed E-state index contributed by atoms with van der Waals surface area (Å²) in [5.41, 5.74) is 5.55. The van der Waals surface area contributed by atoms with Crippen LogP contribution in [0.25, 0.3) is 0 Å². The first-order chi connectivity index (χ1) is 12.9. The second-order valence-electron chi connectivity index (χ2n) is 6.50. The van der Waals surface area contributed by atoms with E-state index in [9.17, 15) is 9.59 Å². The van der Waals surface area contributed by atoms with Gasteiger partial charge in [0.05, 0.1) is 17.4 Å². The first-order valence-corrected chi connectivity index (χ1v) is 8.64. The lowest BCUT2D eigenvalue weighted by atomic mass is 10.1. The third-order valence-corrected chi connectivity index (χ3v) is 4.19. The molecule has 5 heteroatoms. The van der Waals surface area contributed by atoms with Crippen molar-refractivity contribution in [2.24, 2.45) is 0 Å². The molecule has 0 saturated carbocycles. The molecule has 0 fully saturated rings. The van der Waals surface area contributed by atoms with Crippen LogP contribution < -0.4 is 10.6 Å². The Morgan fingerprint density at radius 1 is 0.889 bits per heavy atom. The van der Waals surface area contributed by atoms with Crippen molar-refractivity contribution in [3.05, 3.63) is 83.2 Å². The van der Waals surface area contributed by atoms with Gasteiger partial charge >= 0.3 is 0 Å². The number of Topliss-reactive ketones (excluding diaryl/α,β-unsaturated/α-hetero) is 1. The van der Waals surface area contributed by atoms with Crippen LogP contribution in [0.15, 0.2) is 60.9 Å². The lowest BCUT2D eigenvalue weighted by Gasteiger charge is -2.11. The minimum Gasteiger partial charge on any atom is -0.354 e. The van der Waals surface area contributed by atoms with Crippen LogP contribution in [0.5, 0.6) is 0 Å². The Morgan fingerprint density at radius 3 is 2.41 bits per heavy atom. The van der Waals surface area contributed by atoms with Crippen molar-refractivity contribution in [3.8, 4) is 0 Å². The maximum atomic E-state index is 12.5. The molecule has 0 aliphatic rings. The van der Waals surface area contributed by atoms with Gasteiger partial charge in [-0.2, -0.15) is 0 Å². The van der Waals surface area contributed by atoms with E-state index in [1.165, 1.54) is 18.7 Å². The molecule has 2 aromatic carbocycles. The summed E-state index contributed by atoms with van der Waals surface area (Å²) in [4.78, 5) is 28.2. The highest BCUT2D eigenvalue weighted by Gasteiger charge is 2.09. The van der Waals surface area contributed by atoms with Gasteiger partial charge in [-0.25, -0.2) is 0 Å². The third kappa shape index (κ3) is 4.58. The number of ketones is 1. The van der Waals surface area contributed by atoms with E-state index >= 15 is 0 Å². The minimum absolute atomic E-state index is 0.0487. The summed E-state index contributed by atoms with van der Waals surface area (Å²) >= 11 is 0. The standard InChI is InChI=1S/C22H21N3O2/c1-14-7-8-21(15(2)9-14)24-20-11-18(12-23-13-20)22(27)25-19-6-4-5-17(10-19)16(3)26/h4-13,24H,1-3H3,(H,25,27). The molecule has 0 radical (unpaired) electrons. The molecule has 1 heterocycles. The molecular weight excluding hydrogens is 338 g/mol. The topological polar surface area (TPSA) is 71.1 Å². The number of carbonyl (C=O) groups excluding carboxylic acids is 2. The fourth-order valence-electron chi connectivity index (χ4n) is 2.76. The van der Waals surface area contributed by atoms with E-state index in [-0.39, 0.29) is 11.7 Å². The zero-order chi connectivity index (χ0) is 19.4. The van der Waals surface area contributed by atoms with Crippen LogP contribution in [-0.4, -0.2) is 16.7 Å². The van der Waals surface area contributed by atoms with Gasteiger partial charge in [-0.3, -0.25) is 14.6 Å². The van der Waals surface area contributed by atoms with E-state index < -0.39 is 0 Å². The number of nitrogens with zero attached hydrogens (tertiary/aromatic N) is 1. The maximum Gasteiger partial charge on any atom is 0.257 e. The Morgan fingerprint density at radius 2 is 1.67 bits per heavy atom. The molecule has 0 spiro atoms. The molecule has 0 aliphatic heterocycles. The summed E-state index contributed by atoms with van der Waals surface area (Å²) in [6.45, 7) is 5.57. The van der Waals surface area contributed by atoms with Crippen LogP contribution in [0.2, 0.25) is 0 Å². The molecule has 0 aliphatic carbocycles. The van der Waals surface area contributed by atoms with Crippen molar-refractivity contribution < 1.29 is 9.59 Å². The second kappa shape index (κ2) is 7.83. The Bertz CT molecular complexity index is 1010. The average molecular weight is 359 g/mol. The number of rotatable bonds is 5. The van der Waals surface area contributed by atoms with E-state index in [1.54, 1.807) is 36.5 Å². The number of pyridine rings is 1. The van der Waals surface area contributed by atoms with Gasteiger partial charge < -0.3 is 10.6 Å². The van der Waals surface area contributed by atoms with Crippen LogP contribution in [0.1, 0.15) is 38.8 Å². The van der Waals surface area contributed by atoms with E-state index in [1.807, 2.05) is 26.0 Å². The van der Waals surface area contributed by atoms with Crippen LogP contribution in [0, 0.1) is 13.8 Å². The molecule has 0 atom stereocenters. The molecule has 5 nitrogen and oxygen atoms in total. The van der Waals surface area contributed by atoms with Crippen molar-refractivity contribution in [2.75, 3.05) is 10.6 Å². The fourth-order valence-corrected chi connectivity index (χ4v) is 2.76. The Kier molecular flexibility index (Phi) is 5.31. The van der Waals surface area contributed by atoms with Gasteiger partial charge in [-0.1, -0.05) is 29.8 Å². The van der Waals surface area contributed by atoms with Gasteiger partial charge in [0.2, 0.25) is 0 Å². The van der Waals surface area contributed by atoms with E-state index in [0.29, 0.717) is 16.8 Å². The summed E-state index contributed by atoms with van der Waals surface area (Å²) in [6, 6.07) is 14.7. The van der Waals surface area contributed by atoms with Crippen molar-refractivity contribution in [2.45, 2.75) is 20.8 Å². The molecular formula is C22H21N3O2.